The molecule has 0 radical (unpaired) electrons. The summed E-state index contributed by atoms with van der Waals surface area (Å²) in [5.74, 6) is -1.17. The minimum absolute atomic E-state index is 0.0735. The summed E-state index contributed by atoms with van der Waals surface area (Å²) in [6.45, 7) is 3.45. The number of benzene rings is 1. The molecule has 8 heteroatoms. The van der Waals surface area contributed by atoms with Gasteiger partial charge in [0, 0.05) is 0 Å². The molecule has 1 atom stereocenters. The zero-order valence-corrected chi connectivity index (χ0v) is 11.9. The van der Waals surface area contributed by atoms with E-state index in [9.17, 15) is 13.2 Å². The Hall–Kier alpha value is -2.09. The Kier molecular flexibility index (Phi) is 3.67. The Labute approximate surface area is 116 Å². The van der Waals surface area contributed by atoms with Crippen LogP contribution in [0.2, 0.25) is 0 Å². The van der Waals surface area contributed by atoms with Gasteiger partial charge in [-0.25, -0.2) is 22.9 Å². The van der Waals surface area contributed by atoms with E-state index in [1.807, 2.05) is 0 Å². The van der Waals surface area contributed by atoms with Gasteiger partial charge in [0.1, 0.15) is 4.90 Å². The standard InChI is InChI=1S/C12H15N3O4S/c1-3-8(11(16)17)13-12-14-9-5-4-7(2)6-10(9)20(18,19)15-12/h4-6,8H,3H2,1-2H3,(H,16,17)(H2,13,14,15). The molecular weight excluding hydrogens is 282 g/mol. The summed E-state index contributed by atoms with van der Waals surface area (Å²) < 4.78 is 26.4. The van der Waals surface area contributed by atoms with Crippen LogP contribution < -0.4 is 10.0 Å². The minimum atomic E-state index is -3.73. The number of sulfonamides is 1. The lowest BCUT2D eigenvalue weighted by Gasteiger charge is -2.22. The molecule has 1 heterocycles. The van der Waals surface area contributed by atoms with Gasteiger partial charge in [0.2, 0.25) is 5.96 Å². The smallest absolute Gasteiger partial charge is 0.328 e. The molecule has 1 aliphatic rings. The summed E-state index contributed by atoms with van der Waals surface area (Å²) in [6, 6.07) is 3.93. The lowest BCUT2D eigenvalue weighted by Crippen LogP contribution is -2.42. The van der Waals surface area contributed by atoms with Gasteiger partial charge in [-0.15, -0.1) is 0 Å². The Morgan fingerprint density at radius 3 is 2.75 bits per heavy atom. The number of nitrogens with zero attached hydrogens (tertiary/aromatic N) is 1. The number of aryl methyl sites for hydroxylation is 1. The number of aliphatic carboxylic acids is 1. The van der Waals surface area contributed by atoms with Crippen molar-refractivity contribution in [1.29, 1.82) is 0 Å². The first-order valence-corrected chi connectivity index (χ1v) is 7.53. The highest BCUT2D eigenvalue weighted by atomic mass is 32.2. The van der Waals surface area contributed by atoms with Gasteiger partial charge in [0.05, 0.1) is 5.69 Å². The first kappa shape index (κ1) is 14.3. The summed E-state index contributed by atoms with van der Waals surface area (Å²) in [4.78, 5) is 15.0. The molecule has 0 saturated carbocycles. The molecule has 20 heavy (non-hydrogen) atoms. The quantitative estimate of drug-likeness (QED) is 0.769. The van der Waals surface area contributed by atoms with Gasteiger partial charge in [-0.1, -0.05) is 13.0 Å². The Bertz CT molecular complexity index is 682. The normalized spacial score (nSPS) is 19.6. The van der Waals surface area contributed by atoms with Gasteiger partial charge in [-0.2, -0.15) is 0 Å². The summed E-state index contributed by atoms with van der Waals surface area (Å²) in [7, 11) is -3.73. The van der Waals surface area contributed by atoms with Crippen LogP contribution in [0, 0.1) is 6.92 Å². The number of hydrogen-bond acceptors (Lipinski definition) is 4. The molecule has 0 aromatic heterocycles. The van der Waals surface area contributed by atoms with Crippen LogP contribution in [-0.2, 0) is 14.8 Å². The number of rotatable bonds is 3. The maximum atomic E-state index is 12.1. The number of anilines is 1. The number of aliphatic imine (C=N–C) groups is 1. The van der Waals surface area contributed by atoms with Crippen molar-refractivity contribution in [3.8, 4) is 0 Å². The number of fused-ring (bicyclic) bond motifs is 1. The maximum Gasteiger partial charge on any atom is 0.328 e. The first-order chi connectivity index (χ1) is 9.33. The molecule has 1 aromatic carbocycles. The highest BCUT2D eigenvalue weighted by molar-refractivity contribution is 7.90. The monoisotopic (exact) mass is 297 g/mol. The number of carboxylic acid groups (broad SMARTS) is 1. The maximum absolute atomic E-state index is 12.1. The molecule has 1 unspecified atom stereocenters. The van der Waals surface area contributed by atoms with Crippen molar-refractivity contribution in [2.45, 2.75) is 31.2 Å². The lowest BCUT2D eigenvalue weighted by atomic mass is 10.2. The van der Waals surface area contributed by atoms with Crippen molar-refractivity contribution in [2.75, 3.05) is 5.32 Å². The summed E-state index contributed by atoms with van der Waals surface area (Å²) >= 11 is 0. The van der Waals surface area contributed by atoms with E-state index < -0.39 is 22.0 Å². The van der Waals surface area contributed by atoms with Gasteiger partial charge in [0.15, 0.2) is 6.04 Å². The van der Waals surface area contributed by atoms with Crippen LogP contribution in [0.4, 0.5) is 5.69 Å². The minimum Gasteiger partial charge on any atom is -0.480 e. The third-order valence-corrected chi connectivity index (χ3v) is 4.25. The van der Waals surface area contributed by atoms with Crippen LogP contribution in [0.1, 0.15) is 18.9 Å². The van der Waals surface area contributed by atoms with E-state index in [2.05, 4.69) is 15.0 Å². The lowest BCUT2D eigenvalue weighted by molar-refractivity contribution is -0.138. The number of hydrogen-bond donors (Lipinski definition) is 3. The summed E-state index contributed by atoms with van der Waals surface area (Å²) in [5, 5.41) is 11.7. The number of carbonyl (C=O) groups is 1. The van der Waals surface area contributed by atoms with Crippen LogP contribution in [0.15, 0.2) is 28.1 Å². The molecule has 0 saturated heterocycles. The molecule has 3 N–H and O–H groups in total. The van der Waals surface area contributed by atoms with Gasteiger partial charge in [-0.05, 0) is 31.0 Å². The molecule has 2 rings (SSSR count). The van der Waals surface area contributed by atoms with Gasteiger partial charge >= 0.3 is 5.97 Å². The van der Waals surface area contributed by atoms with Crippen LogP contribution in [-0.4, -0.2) is 31.5 Å². The zero-order valence-electron chi connectivity index (χ0n) is 11.0. The average molecular weight is 297 g/mol. The molecule has 1 aromatic rings. The fraction of sp³-hybridized carbons (Fsp3) is 0.333. The van der Waals surface area contributed by atoms with Crippen LogP contribution in [0.5, 0.6) is 0 Å². The molecule has 1 aliphatic heterocycles. The molecule has 7 nitrogen and oxygen atoms in total. The second-order valence-corrected chi connectivity index (χ2v) is 6.12. The topological polar surface area (TPSA) is 108 Å². The van der Waals surface area contributed by atoms with Gasteiger partial charge < -0.3 is 10.4 Å². The van der Waals surface area contributed by atoms with Crippen LogP contribution in [0.25, 0.3) is 0 Å². The van der Waals surface area contributed by atoms with Crippen molar-refractivity contribution >= 4 is 27.6 Å². The van der Waals surface area contributed by atoms with Gasteiger partial charge in [0.25, 0.3) is 10.0 Å². The predicted octanol–water partition coefficient (Wildman–Crippen LogP) is 0.918. The van der Waals surface area contributed by atoms with E-state index in [1.165, 1.54) is 6.07 Å². The second-order valence-electron chi connectivity index (χ2n) is 4.47. The molecule has 0 aliphatic carbocycles. The summed E-state index contributed by atoms with van der Waals surface area (Å²) in [5.41, 5.74) is 1.20. The fourth-order valence-corrected chi connectivity index (χ4v) is 3.04. The zero-order chi connectivity index (χ0) is 14.9. The number of carboxylic acids is 1. The highest BCUT2D eigenvalue weighted by Crippen LogP contribution is 2.25. The van der Waals surface area contributed by atoms with Crippen molar-refractivity contribution in [1.82, 2.24) is 4.72 Å². The predicted molar refractivity (Wildman–Crippen MR) is 74.3 cm³/mol. The Morgan fingerprint density at radius 1 is 1.45 bits per heavy atom. The fourth-order valence-electron chi connectivity index (χ4n) is 1.83. The largest absolute Gasteiger partial charge is 0.480 e. The van der Waals surface area contributed by atoms with E-state index in [4.69, 9.17) is 5.11 Å². The van der Waals surface area contributed by atoms with E-state index >= 15 is 0 Å². The molecular formula is C12H15N3O4S. The molecule has 0 amide bonds. The molecule has 0 bridgehead atoms. The van der Waals surface area contributed by atoms with Crippen LogP contribution >= 0.6 is 0 Å². The first-order valence-electron chi connectivity index (χ1n) is 6.04. The second kappa shape index (κ2) is 5.12. The molecule has 0 spiro atoms. The summed E-state index contributed by atoms with van der Waals surface area (Å²) in [6.07, 6.45) is 0.267. The van der Waals surface area contributed by atoms with Gasteiger partial charge in [-0.3, -0.25) is 0 Å². The Balaban J connectivity index is 2.43. The van der Waals surface area contributed by atoms with Crippen molar-refractivity contribution in [3.63, 3.8) is 0 Å². The Morgan fingerprint density at radius 2 is 2.15 bits per heavy atom. The molecule has 108 valence electrons. The van der Waals surface area contributed by atoms with Crippen molar-refractivity contribution in [3.05, 3.63) is 23.8 Å². The van der Waals surface area contributed by atoms with E-state index in [-0.39, 0.29) is 17.3 Å². The van der Waals surface area contributed by atoms with E-state index in [1.54, 1.807) is 26.0 Å². The molecule has 0 fully saturated rings. The van der Waals surface area contributed by atoms with E-state index in [0.29, 0.717) is 5.69 Å². The SMILES string of the molecule is CCC(N=C1Nc2ccc(C)cc2S(=O)(=O)N1)C(=O)O. The third kappa shape index (κ3) is 2.74. The van der Waals surface area contributed by atoms with Crippen molar-refractivity contribution < 1.29 is 18.3 Å². The highest BCUT2D eigenvalue weighted by Gasteiger charge is 2.27. The average Bonchev–Trinajstić information content (AvgIpc) is 2.36. The van der Waals surface area contributed by atoms with Crippen molar-refractivity contribution in [2.24, 2.45) is 4.99 Å². The van der Waals surface area contributed by atoms with Crippen LogP contribution in [0.3, 0.4) is 0 Å². The third-order valence-electron chi connectivity index (χ3n) is 2.87. The van der Waals surface area contributed by atoms with E-state index in [0.717, 1.165) is 5.56 Å². The number of guanidine groups is 1. The number of nitrogens with one attached hydrogen (secondary N) is 2.